The molecule has 0 unspecified atom stereocenters. The van der Waals surface area contributed by atoms with Gasteiger partial charge in [-0.05, 0) is 62.8 Å². The van der Waals surface area contributed by atoms with Crippen LogP contribution in [0, 0.1) is 3.57 Å². The van der Waals surface area contributed by atoms with Crippen LogP contribution < -0.4 is 9.47 Å². The van der Waals surface area contributed by atoms with Gasteiger partial charge in [0.25, 0.3) is 0 Å². The summed E-state index contributed by atoms with van der Waals surface area (Å²) in [6, 6.07) is 14.1. The summed E-state index contributed by atoms with van der Waals surface area (Å²) < 4.78 is 13.7. The Morgan fingerprint density at radius 3 is 2.96 bits per heavy atom. The molecule has 2 heterocycles. The zero-order valence-corrected chi connectivity index (χ0v) is 14.8. The summed E-state index contributed by atoms with van der Waals surface area (Å²) in [6.07, 6.45) is 0. The van der Waals surface area contributed by atoms with Crippen molar-refractivity contribution >= 4 is 34.4 Å². The Kier molecular flexibility index (Phi) is 4.08. The molecule has 0 fully saturated rings. The van der Waals surface area contributed by atoms with E-state index in [0.717, 1.165) is 22.3 Å². The van der Waals surface area contributed by atoms with Crippen LogP contribution >= 0.6 is 34.4 Å². The molecule has 0 aliphatic carbocycles. The first-order chi connectivity index (χ1) is 11.3. The minimum absolute atomic E-state index is 0.253. The van der Waals surface area contributed by atoms with Gasteiger partial charge in [-0.2, -0.15) is 4.68 Å². The van der Waals surface area contributed by atoms with E-state index in [1.807, 2.05) is 18.2 Å². The largest absolute Gasteiger partial charge is 0.454 e. The average Bonchev–Trinajstić information content (AvgIpc) is 3.21. The fraction of sp³-hybridized carbons (Fsp3) is 0.133. The van der Waals surface area contributed by atoms with Gasteiger partial charge in [0.15, 0.2) is 11.5 Å². The van der Waals surface area contributed by atoms with Gasteiger partial charge in [-0.25, -0.2) is 0 Å². The van der Waals surface area contributed by atoms with Crippen LogP contribution in [0.25, 0.3) is 5.69 Å². The number of fused-ring (bicyclic) bond motifs is 1. The summed E-state index contributed by atoms with van der Waals surface area (Å²) in [7, 11) is 0. The molecule has 0 N–H and O–H groups in total. The summed E-state index contributed by atoms with van der Waals surface area (Å²) in [5.41, 5.74) is 2.09. The van der Waals surface area contributed by atoms with E-state index in [4.69, 9.17) is 9.47 Å². The quantitative estimate of drug-likeness (QED) is 0.460. The third-order valence-corrected chi connectivity index (χ3v) is 4.96. The zero-order valence-electron chi connectivity index (χ0n) is 11.8. The van der Waals surface area contributed by atoms with Crippen LogP contribution in [0.15, 0.2) is 47.6 Å². The summed E-state index contributed by atoms with van der Waals surface area (Å²) in [4.78, 5) is 0. The molecular weight excluding hydrogens is 427 g/mol. The van der Waals surface area contributed by atoms with Gasteiger partial charge < -0.3 is 9.47 Å². The molecule has 8 heteroatoms. The third kappa shape index (κ3) is 3.13. The molecule has 0 atom stereocenters. The Bertz CT molecular complexity index is 855. The van der Waals surface area contributed by atoms with E-state index in [2.05, 4.69) is 62.4 Å². The lowest BCUT2D eigenvalue weighted by molar-refractivity contribution is 0.174. The first-order valence-electron chi connectivity index (χ1n) is 6.85. The lowest BCUT2D eigenvalue weighted by Crippen LogP contribution is -1.99. The third-order valence-electron chi connectivity index (χ3n) is 3.30. The maximum atomic E-state index is 5.41. The zero-order chi connectivity index (χ0) is 15.6. The van der Waals surface area contributed by atoms with Gasteiger partial charge in [-0.3, -0.25) is 0 Å². The van der Waals surface area contributed by atoms with Crippen molar-refractivity contribution in [3.05, 3.63) is 51.6 Å². The van der Waals surface area contributed by atoms with E-state index < -0.39 is 0 Å². The molecule has 0 radical (unpaired) electrons. The van der Waals surface area contributed by atoms with E-state index in [1.165, 1.54) is 9.13 Å². The van der Waals surface area contributed by atoms with Crippen molar-refractivity contribution in [3.8, 4) is 17.2 Å². The smallest absolute Gasteiger partial charge is 0.231 e. The van der Waals surface area contributed by atoms with Gasteiger partial charge in [0, 0.05) is 15.4 Å². The summed E-state index contributed by atoms with van der Waals surface area (Å²) in [5.74, 6) is 2.27. The summed E-state index contributed by atoms with van der Waals surface area (Å²) in [6.45, 7) is 0.253. The minimum atomic E-state index is 0.253. The summed E-state index contributed by atoms with van der Waals surface area (Å²) >= 11 is 3.91. The van der Waals surface area contributed by atoms with Crippen molar-refractivity contribution < 1.29 is 9.47 Å². The molecule has 0 spiro atoms. The molecule has 3 aromatic rings. The highest BCUT2D eigenvalue weighted by Gasteiger charge is 2.16. The van der Waals surface area contributed by atoms with Crippen molar-refractivity contribution in [2.45, 2.75) is 10.9 Å². The summed E-state index contributed by atoms with van der Waals surface area (Å²) in [5, 5.41) is 12.7. The van der Waals surface area contributed by atoms with Gasteiger partial charge >= 0.3 is 0 Å². The van der Waals surface area contributed by atoms with E-state index in [9.17, 15) is 0 Å². The second-order valence-corrected chi connectivity index (χ2v) is 7.02. The number of nitrogens with zero attached hydrogens (tertiary/aromatic N) is 4. The number of benzene rings is 2. The molecule has 0 bridgehead atoms. The highest BCUT2D eigenvalue weighted by Crippen LogP contribution is 2.34. The maximum Gasteiger partial charge on any atom is 0.231 e. The number of ether oxygens (including phenoxy) is 2. The number of hydrogen-bond acceptors (Lipinski definition) is 6. The van der Waals surface area contributed by atoms with Crippen molar-refractivity contribution in [2.75, 3.05) is 6.79 Å². The predicted molar refractivity (Wildman–Crippen MR) is 94.0 cm³/mol. The monoisotopic (exact) mass is 438 g/mol. The fourth-order valence-electron chi connectivity index (χ4n) is 2.22. The molecule has 0 amide bonds. The molecule has 1 aliphatic heterocycles. The molecule has 1 aliphatic rings. The van der Waals surface area contributed by atoms with Crippen molar-refractivity contribution in [1.82, 2.24) is 20.2 Å². The second kappa shape index (κ2) is 6.36. The highest BCUT2D eigenvalue weighted by molar-refractivity contribution is 14.1. The topological polar surface area (TPSA) is 62.1 Å². The van der Waals surface area contributed by atoms with Crippen molar-refractivity contribution in [2.24, 2.45) is 0 Å². The molecule has 1 aromatic heterocycles. The van der Waals surface area contributed by atoms with Crippen LogP contribution in [0.5, 0.6) is 11.5 Å². The van der Waals surface area contributed by atoms with Crippen LogP contribution in [0.2, 0.25) is 0 Å². The maximum absolute atomic E-state index is 5.41. The van der Waals surface area contributed by atoms with Crippen LogP contribution in [-0.4, -0.2) is 27.0 Å². The van der Waals surface area contributed by atoms with Crippen molar-refractivity contribution in [1.29, 1.82) is 0 Å². The molecule has 0 saturated carbocycles. The Morgan fingerprint density at radius 2 is 2.04 bits per heavy atom. The van der Waals surface area contributed by atoms with E-state index in [-0.39, 0.29) is 6.79 Å². The lowest BCUT2D eigenvalue weighted by Gasteiger charge is -2.05. The normalized spacial score (nSPS) is 12.6. The van der Waals surface area contributed by atoms with Crippen LogP contribution in [0.3, 0.4) is 0 Å². The van der Waals surface area contributed by atoms with E-state index in [1.54, 1.807) is 16.4 Å². The molecule has 116 valence electrons. The fourth-order valence-corrected chi connectivity index (χ4v) is 3.66. The molecule has 6 nitrogen and oxygen atoms in total. The Hall–Kier alpha value is -1.81. The van der Waals surface area contributed by atoms with Crippen LogP contribution in [-0.2, 0) is 5.75 Å². The van der Waals surface area contributed by atoms with Crippen molar-refractivity contribution in [3.63, 3.8) is 0 Å². The second-order valence-electron chi connectivity index (χ2n) is 4.83. The van der Waals surface area contributed by atoms with E-state index >= 15 is 0 Å². The standard InChI is InChI=1S/C15H11IN4O2S/c16-11-3-1-2-10(6-11)8-23-15-17-18-19-20(15)12-4-5-13-14(7-12)22-9-21-13/h1-7H,8-9H2. The van der Waals surface area contributed by atoms with Gasteiger partial charge in [-0.15, -0.1) is 5.10 Å². The van der Waals surface area contributed by atoms with Gasteiger partial charge in [0.1, 0.15) is 0 Å². The average molecular weight is 438 g/mol. The Labute approximate surface area is 150 Å². The van der Waals surface area contributed by atoms with E-state index in [0.29, 0.717) is 5.75 Å². The van der Waals surface area contributed by atoms with Gasteiger partial charge in [0.2, 0.25) is 11.9 Å². The van der Waals surface area contributed by atoms with Crippen LogP contribution in [0.1, 0.15) is 5.56 Å². The number of rotatable bonds is 4. The Balaban J connectivity index is 1.56. The molecule has 4 rings (SSSR count). The number of tetrazole rings is 1. The number of thioether (sulfide) groups is 1. The van der Waals surface area contributed by atoms with Gasteiger partial charge in [-0.1, -0.05) is 23.9 Å². The SMILES string of the molecule is Ic1cccc(CSc2nnnn2-c2ccc3c(c2)OCO3)c1. The number of halogens is 1. The van der Waals surface area contributed by atoms with Gasteiger partial charge in [0.05, 0.1) is 5.69 Å². The lowest BCUT2D eigenvalue weighted by atomic mass is 10.2. The predicted octanol–water partition coefficient (Wildman–Crippen LogP) is 3.29. The first kappa shape index (κ1) is 14.8. The number of hydrogen-bond donors (Lipinski definition) is 0. The van der Waals surface area contributed by atoms with Crippen LogP contribution in [0.4, 0.5) is 0 Å². The molecule has 23 heavy (non-hydrogen) atoms. The first-order valence-corrected chi connectivity index (χ1v) is 8.92. The number of aromatic nitrogens is 4. The Morgan fingerprint density at radius 1 is 1.13 bits per heavy atom. The minimum Gasteiger partial charge on any atom is -0.454 e. The highest BCUT2D eigenvalue weighted by atomic mass is 127. The molecular formula is C15H11IN4O2S. The molecule has 0 saturated heterocycles. The molecule has 2 aromatic carbocycles.